The molecule has 2 amide bonds. The van der Waals surface area contributed by atoms with Gasteiger partial charge in [0.1, 0.15) is 17.4 Å². The molecule has 1 aliphatic heterocycles. The lowest BCUT2D eigenvalue weighted by molar-refractivity contribution is -0.121. The molecule has 152 valence electrons. The van der Waals surface area contributed by atoms with Crippen molar-refractivity contribution in [2.45, 2.75) is 6.54 Å². The van der Waals surface area contributed by atoms with E-state index in [1.54, 1.807) is 24.3 Å². The standard InChI is InChI=1S/C22H15ClF2N2O3/c23-17-2-1-3-18(25)16(17)11-27-19-10-15(8-9-20(19)30-12-21(27)28)26-22(29)13-4-6-14(24)7-5-13/h1-10H,11-12H2,(H,26,29). The molecule has 0 atom stereocenters. The van der Waals surface area contributed by atoms with Crippen LogP contribution in [0.5, 0.6) is 5.75 Å². The lowest BCUT2D eigenvalue weighted by atomic mass is 10.1. The average Bonchev–Trinajstić information content (AvgIpc) is 2.72. The quantitative estimate of drug-likeness (QED) is 0.649. The van der Waals surface area contributed by atoms with Gasteiger partial charge in [0, 0.05) is 21.8 Å². The first kappa shape index (κ1) is 19.8. The molecule has 0 fully saturated rings. The fraction of sp³-hybridized carbons (Fsp3) is 0.0909. The number of anilines is 2. The minimum absolute atomic E-state index is 0.0872. The molecule has 4 rings (SSSR count). The van der Waals surface area contributed by atoms with Gasteiger partial charge in [-0.3, -0.25) is 9.59 Å². The summed E-state index contributed by atoms with van der Waals surface area (Å²) in [6.45, 7) is -0.281. The SMILES string of the molecule is O=C(Nc1ccc2c(c1)N(Cc1c(F)cccc1Cl)C(=O)CO2)c1ccc(F)cc1. The summed E-state index contributed by atoms with van der Waals surface area (Å²) in [5.41, 5.74) is 1.23. The Hall–Kier alpha value is -3.45. The fourth-order valence-corrected chi connectivity index (χ4v) is 3.32. The summed E-state index contributed by atoms with van der Waals surface area (Å²) in [5.74, 6) is -1.37. The predicted octanol–water partition coefficient (Wildman–Crippen LogP) is 4.80. The minimum atomic E-state index is -0.524. The highest BCUT2D eigenvalue weighted by Gasteiger charge is 2.27. The molecule has 3 aromatic carbocycles. The second kappa shape index (κ2) is 8.12. The van der Waals surface area contributed by atoms with Crippen molar-refractivity contribution in [1.29, 1.82) is 0 Å². The Labute approximate surface area is 175 Å². The second-order valence-electron chi connectivity index (χ2n) is 6.61. The summed E-state index contributed by atoms with van der Waals surface area (Å²) in [6, 6.07) is 14.2. The highest BCUT2D eigenvalue weighted by Crippen LogP contribution is 2.36. The Morgan fingerprint density at radius 2 is 1.87 bits per heavy atom. The largest absolute Gasteiger partial charge is 0.482 e. The van der Waals surface area contributed by atoms with Crippen LogP contribution in [0.1, 0.15) is 15.9 Å². The van der Waals surface area contributed by atoms with Crippen LogP contribution < -0.4 is 15.0 Å². The molecule has 1 aliphatic rings. The molecule has 30 heavy (non-hydrogen) atoms. The van der Waals surface area contributed by atoms with Gasteiger partial charge in [0.05, 0.1) is 12.2 Å². The number of rotatable bonds is 4. The zero-order valence-corrected chi connectivity index (χ0v) is 16.2. The third-order valence-corrected chi connectivity index (χ3v) is 5.00. The van der Waals surface area contributed by atoms with E-state index in [4.69, 9.17) is 16.3 Å². The molecule has 0 unspecified atom stereocenters. The molecule has 0 saturated heterocycles. The molecule has 1 N–H and O–H groups in total. The topological polar surface area (TPSA) is 58.6 Å². The van der Waals surface area contributed by atoms with Crippen molar-refractivity contribution in [2.75, 3.05) is 16.8 Å². The minimum Gasteiger partial charge on any atom is -0.482 e. The average molecular weight is 429 g/mol. The third kappa shape index (κ3) is 3.97. The van der Waals surface area contributed by atoms with Gasteiger partial charge in [0.25, 0.3) is 11.8 Å². The summed E-state index contributed by atoms with van der Waals surface area (Å²) in [4.78, 5) is 26.2. The Kier molecular flexibility index (Phi) is 5.37. The number of ether oxygens (including phenoxy) is 1. The number of hydrogen-bond acceptors (Lipinski definition) is 3. The first-order valence-electron chi connectivity index (χ1n) is 8.99. The highest BCUT2D eigenvalue weighted by atomic mass is 35.5. The smallest absolute Gasteiger partial charge is 0.265 e. The van der Waals surface area contributed by atoms with Crippen molar-refractivity contribution in [3.63, 3.8) is 0 Å². The lowest BCUT2D eigenvalue weighted by Gasteiger charge is -2.30. The van der Waals surface area contributed by atoms with E-state index in [-0.39, 0.29) is 35.2 Å². The van der Waals surface area contributed by atoms with Crippen molar-refractivity contribution in [1.82, 2.24) is 0 Å². The van der Waals surface area contributed by atoms with E-state index >= 15 is 0 Å². The van der Waals surface area contributed by atoms with E-state index < -0.39 is 17.5 Å². The van der Waals surface area contributed by atoms with Crippen LogP contribution in [0.25, 0.3) is 0 Å². The van der Waals surface area contributed by atoms with Crippen molar-refractivity contribution in [2.24, 2.45) is 0 Å². The Morgan fingerprint density at radius 3 is 2.60 bits per heavy atom. The van der Waals surface area contributed by atoms with Crippen molar-refractivity contribution in [3.05, 3.63) is 88.4 Å². The van der Waals surface area contributed by atoms with Crippen LogP contribution in [0.4, 0.5) is 20.2 Å². The number of amides is 2. The molecule has 0 saturated carbocycles. The maximum atomic E-state index is 14.2. The van der Waals surface area contributed by atoms with Crippen LogP contribution in [0.15, 0.2) is 60.7 Å². The van der Waals surface area contributed by atoms with E-state index in [0.717, 1.165) is 0 Å². The zero-order valence-electron chi connectivity index (χ0n) is 15.5. The number of benzene rings is 3. The van der Waals surface area contributed by atoms with Gasteiger partial charge in [0.2, 0.25) is 0 Å². The molecule has 0 radical (unpaired) electrons. The molecule has 0 aliphatic carbocycles. The molecule has 3 aromatic rings. The van der Waals surface area contributed by atoms with Gasteiger partial charge in [-0.1, -0.05) is 17.7 Å². The first-order valence-corrected chi connectivity index (χ1v) is 9.37. The summed E-state index contributed by atoms with van der Waals surface area (Å²) >= 11 is 6.11. The van der Waals surface area contributed by atoms with Gasteiger partial charge >= 0.3 is 0 Å². The molecule has 0 bridgehead atoms. The van der Waals surface area contributed by atoms with E-state index in [0.29, 0.717) is 17.1 Å². The van der Waals surface area contributed by atoms with Crippen LogP contribution >= 0.6 is 11.6 Å². The lowest BCUT2D eigenvalue weighted by Crippen LogP contribution is -2.38. The number of halogens is 3. The zero-order chi connectivity index (χ0) is 21.3. The normalized spacial score (nSPS) is 12.9. The molecular formula is C22H15ClF2N2O3. The first-order chi connectivity index (χ1) is 14.4. The monoisotopic (exact) mass is 428 g/mol. The number of nitrogens with zero attached hydrogens (tertiary/aromatic N) is 1. The Bertz CT molecular complexity index is 1120. The van der Waals surface area contributed by atoms with Crippen LogP contribution in [-0.4, -0.2) is 18.4 Å². The summed E-state index contributed by atoms with van der Waals surface area (Å²) in [7, 11) is 0. The van der Waals surface area contributed by atoms with Gasteiger partial charge in [-0.05, 0) is 54.6 Å². The third-order valence-electron chi connectivity index (χ3n) is 4.64. The Balaban J connectivity index is 1.63. The molecule has 0 aromatic heterocycles. The predicted molar refractivity (Wildman–Crippen MR) is 109 cm³/mol. The van der Waals surface area contributed by atoms with Gasteiger partial charge in [-0.25, -0.2) is 8.78 Å². The number of fused-ring (bicyclic) bond motifs is 1. The molecular weight excluding hydrogens is 414 g/mol. The summed E-state index contributed by atoms with van der Waals surface area (Å²) in [5, 5.41) is 2.90. The van der Waals surface area contributed by atoms with Crippen LogP contribution in [0.3, 0.4) is 0 Å². The van der Waals surface area contributed by atoms with Gasteiger partial charge in [-0.15, -0.1) is 0 Å². The molecule has 8 heteroatoms. The van der Waals surface area contributed by atoms with Crippen LogP contribution in [0, 0.1) is 11.6 Å². The number of carbonyl (C=O) groups is 2. The maximum Gasteiger partial charge on any atom is 0.265 e. The Morgan fingerprint density at radius 1 is 1.10 bits per heavy atom. The van der Waals surface area contributed by atoms with Crippen LogP contribution in [0.2, 0.25) is 5.02 Å². The maximum absolute atomic E-state index is 14.2. The number of hydrogen-bond donors (Lipinski definition) is 1. The van der Waals surface area contributed by atoms with Gasteiger partial charge < -0.3 is 15.0 Å². The van der Waals surface area contributed by atoms with Crippen molar-refractivity contribution in [3.8, 4) is 5.75 Å². The van der Waals surface area contributed by atoms with Gasteiger partial charge in [-0.2, -0.15) is 0 Å². The second-order valence-corrected chi connectivity index (χ2v) is 7.02. The van der Waals surface area contributed by atoms with E-state index in [1.165, 1.54) is 41.3 Å². The summed E-state index contributed by atoms with van der Waals surface area (Å²) in [6.07, 6.45) is 0. The van der Waals surface area contributed by atoms with Gasteiger partial charge in [0.15, 0.2) is 6.61 Å². The van der Waals surface area contributed by atoms with E-state index in [1.807, 2.05) is 0 Å². The van der Waals surface area contributed by atoms with Crippen molar-refractivity contribution < 1.29 is 23.1 Å². The molecule has 0 spiro atoms. The van der Waals surface area contributed by atoms with Crippen LogP contribution in [-0.2, 0) is 11.3 Å². The van der Waals surface area contributed by atoms with Crippen molar-refractivity contribution >= 4 is 34.8 Å². The van der Waals surface area contributed by atoms with E-state index in [9.17, 15) is 18.4 Å². The number of carbonyl (C=O) groups excluding carboxylic acids is 2. The van der Waals surface area contributed by atoms with E-state index in [2.05, 4.69) is 5.32 Å². The number of nitrogens with one attached hydrogen (secondary N) is 1. The highest BCUT2D eigenvalue weighted by molar-refractivity contribution is 6.31. The fourth-order valence-electron chi connectivity index (χ4n) is 3.10. The molecule has 5 nitrogen and oxygen atoms in total. The summed E-state index contributed by atoms with van der Waals surface area (Å²) < 4.78 is 32.8. The molecule has 1 heterocycles.